The molecule has 0 saturated heterocycles. The second-order valence-corrected chi connectivity index (χ2v) is 4.50. The quantitative estimate of drug-likeness (QED) is 0.628. The van der Waals surface area contributed by atoms with Crippen molar-refractivity contribution in [1.82, 2.24) is 0 Å². The molecular formula is C15H14N2O5. The van der Waals surface area contributed by atoms with E-state index in [1.54, 1.807) is 13.2 Å². The first-order valence-corrected chi connectivity index (χ1v) is 6.40. The number of ether oxygens (including phenoxy) is 1. The van der Waals surface area contributed by atoms with E-state index in [2.05, 4.69) is 5.32 Å². The lowest BCUT2D eigenvalue weighted by atomic mass is 10.1. The van der Waals surface area contributed by atoms with Crippen molar-refractivity contribution < 1.29 is 19.6 Å². The highest BCUT2D eigenvalue weighted by molar-refractivity contribution is 5.95. The second kappa shape index (κ2) is 6.57. The number of carboxylic acids is 1. The Hall–Kier alpha value is -3.09. The van der Waals surface area contributed by atoms with E-state index in [1.807, 2.05) is 18.2 Å². The Balaban J connectivity index is 2.21. The minimum atomic E-state index is -1.23. The lowest BCUT2D eigenvalue weighted by Crippen LogP contribution is -2.07. The molecule has 114 valence electrons. The third-order valence-electron chi connectivity index (χ3n) is 3.06. The fourth-order valence-electron chi connectivity index (χ4n) is 1.96. The van der Waals surface area contributed by atoms with Crippen molar-refractivity contribution in [3.8, 4) is 5.75 Å². The predicted octanol–water partition coefficient (Wildman–Crippen LogP) is 2.91. The maximum atomic E-state index is 11.2. The van der Waals surface area contributed by atoms with Crippen LogP contribution in [0.15, 0.2) is 42.5 Å². The van der Waals surface area contributed by atoms with E-state index in [-0.39, 0.29) is 11.3 Å². The molecule has 2 aromatic rings. The first kappa shape index (κ1) is 15.3. The van der Waals surface area contributed by atoms with Gasteiger partial charge in [0.15, 0.2) is 0 Å². The van der Waals surface area contributed by atoms with Crippen LogP contribution < -0.4 is 10.1 Å². The zero-order chi connectivity index (χ0) is 16.1. The van der Waals surface area contributed by atoms with E-state index in [0.717, 1.165) is 11.6 Å². The molecule has 0 heterocycles. The maximum absolute atomic E-state index is 11.2. The molecule has 2 N–H and O–H groups in total. The number of aromatic carboxylic acids is 1. The first-order valence-electron chi connectivity index (χ1n) is 6.40. The molecule has 0 atom stereocenters. The van der Waals surface area contributed by atoms with Crippen LogP contribution in [0.25, 0.3) is 0 Å². The lowest BCUT2D eigenvalue weighted by Gasteiger charge is -2.10. The molecule has 0 aliphatic rings. The van der Waals surface area contributed by atoms with Crippen molar-refractivity contribution in [2.75, 3.05) is 12.4 Å². The minimum absolute atomic E-state index is 0.142. The second-order valence-electron chi connectivity index (χ2n) is 4.50. The Morgan fingerprint density at radius 3 is 2.73 bits per heavy atom. The van der Waals surface area contributed by atoms with E-state index in [0.29, 0.717) is 18.0 Å². The van der Waals surface area contributed by atoms with Crippen LogP contribution in [0.2, 0.25) is 0 Å². The molecule has 0 fully saturated rings. The van der Waals surface area contributed by atoms with Crippen LogP contribution in [0.4, 0.5) is 11.4 Å². The summed E-state index contributed by atoms with van der Waals surface area (Å²) in [5.41, 5.74) is 0.816. The summed E-state index contributed by atoms with van der Waals surface area (Å²) in [7, 11) is 1.56. The number of nitro benzene ring substituents is 1. The van der Waals surface area contributed by atoms with Gasteiger partial charge in [0.25, 0.3) is 5.69 Å². The van der Waals surface area contributed by atoms with Crippen LogP contribution in [0.5, 0.6) is 5.75 Å². The third kappa shape index (κ3) is 3.51. The molecule has 22 heavy (non-hydrogen) atoms. The van der Waals surface area contributed by atoms with Crippen molar-refractivity contribution in [2.24, 2.45) is 0 Å². The van der Waals surface area contributed by atoms with Gasteiger partial charge in [0.05, 0.1) is 17.6 Å². The summed E-state index contributed by atoms with van der Waals surface area (Å²) in [6.45, 7) is 0.370. The van der Waals surface area contributed by atoms with Crippen molar-refractivity contribution in [1.29, 1.82) is 0 Å². The number of nitro groups is 1. The summed E-state index contributed by atoms with van der Waals surface area (Å²) in [4.78, 5) is 21.3. The average Bonchev–Trinajstić information content (AvgIpc) is 2.52. The van der Waals surface area contributed by atoms with Gasteiger partial charge in [0.1, 0.15) is 5.75 Å². The highest BCUT2D eigenvalue weighted by atomic mass is 16.6. The van der Waals surface area contributed by atoms with Crippen LogP contribution in [0.1, 0.15) is 15.9 Å². The topological polar surface area (TPSA) is 102 Å². The van der Waals surface area contributed by atoms with Crippen molar-refractivity contribution in [2.45, 2.75) is 6.54 Å². The number of hydrogen-bond acceptors (Lipinski definition) is 5. The molecule has 0 unspecified atom stereocenters. The zero-order valence-electron chi connectivity index (χ0n) is 11.8. The molecule has 0 spiro atoms. The molecule has 2 rings (SSSR count). The summed E-state index contributed by atoms with van der Waals surface area (Å²) in [5.74, 6) is -0.529. The normalized spacial score (nSPS) is 10.0. The molecule has 7 heteroatoms. The van der Waals surface area contributed by atoms with Crippen LogP contribution >= 0.6 is 0 Å². The Labute approximate surface area is 126 Å². The molecule has 0 aliphatic heterocycles. The molecule has 2 aromatic carbocycles. The van der Waals surface area contributed by atoms with Gasteiger partial charge in [0.2, 0.25) is 0 Å². The molecule has 7 nitrogen and oxygen atoms in total. The summed E-state index contributed by atoms with van der Waals surface area (Å²) >= 11 is 0. The Morgan fingerprint density at radius 1 is 1.32 bits per heavy atom. The molecule has 0 aromatic heterocycles. The van der Waals surface area contributed by atoms with Crippen LogP contribution in [0.3, 0.4) is 0 Å². The smallest absolute Gasteiger partial charge is 0.338 e. The van der Waals surface area contributed by atoms with Gasteiger partial charge in [-0.2, -0.15) is 0 Å². The van der Waals surface area contributed by atoms with E-state index in [4.69, 9.17) is 9.84 Å². The number of carbonyl (C=O) groups is 1. The SMILES string of the molecule is COc1cccc(CNc2ccc([N+](=O)[O-])cc2C(=O)O)c1. The Bertz CT molecular complexity index is 715. The number of non-ortho nitro benzene ring substituents is 1. The van der Waals surface area contributed by atoms with Gasteiger partial charge in [-0.25, -0.2) is 4.79 Å². The van der Waals surface area contributed by atoms with Crippen LogP contribution in [-0.2, 0) is 6.54 Å². The van der Waals surface area contributed by atoms with Gasteiger partial charge in [-0.1, -0.05) is 12.1 Å². The highest BCUT2D eigenvalue weighted by Crippen LogP contribution is 2.23. The number of rotatable bonds is 6. The van der Waals surface area contributed by atoms with Crippen molar-refractivity contribution in [3.63, 3.8) is 0 Å². The summed E-state index contributed by atoms with van der Waals surface area (Å²) in [6, 6.07) is 11.0. The van der Waals surface area contributed by atoms with Gasteiger partial charge in [-0.05, 0) is 23.8 Å². The standard InChI is InChI=1S/C15H14N2O5/c1-22-12-4-2-3-10(7-12)9-16-14-6-5-11(17(20)21)8-13(14)15(18)19/h2-8,16H,9H2,1H3,(H,18,19). The Morgan fingerprint density at radius 2 is 2.09 bits per heavy atom. The summed E-state index contributed by atoms with van der Waals surface area (Å²) in [6.07, 6.45) is 0. The van der Waals surface area contributed by atoms with Crippen LogP contribution in [-0.4, -0.2) is 23.1 Å². The fourth-order valence-corrected chi connectivity index (χ4v) is 1.96. The monoisotopic (exact) mass is 302 g/mol. The van der Waals surface area contributed by atoms with E-state index in [1.165, 1.54) is 12.1 Å². The summed E-state index contributed by atoms with van der Waals surface area (Å²) < 4.78 is 5.11. The molecule has 0 bridgehead atoms. The van der Waals surface area contributed by atoms with Crippen molar-refractivity contribution >= 4 is 17.3 Å². The van der Waals surface area contributed by atoms with Gasteiger partial charge >= 0.3 is 5.97 Å². The average molecular weight is 302 g/mol. The van der Waals surface area contributed by atoms with E-state index < -0.39 is 10.9 Å². The molecule has 0 saturated carbocycles. The first-order chi connectivity index (χ1) is 10.5. The number of benzene rings is 2. The van der Waals surface area contributed by atoms with Gasteiger partial charge < -0.3 is 15.2 Å². The maximum Gasteiger partial charge on any atom is 0.338 e. The predicted molar refractivity (Wildman–Crippen MR) is 80.4 cm³/mol. The van der Waals surface area contributed by atoms with E-state index in [9.17, 15) is 14.9 Å². The fraction of sp³-hybridized carbons (Fsp3) is 0.133. The minimum Gasteiger partial charge on any atom is -0.497 e. The van der Waals surface area contributed by atoms with Crippen molar-refractivity contribution in [3.05, 3.63) is 63.7 Å². The number of anilines is 1. The Kier molecular flexibility index (Phi) is 4.57. The van der Waals surface area contributed by atoms with Gasteiger partial charge in [0, 0.05) is 24.4 Å². The van der Waals surface area contributed by atoms with Gasteiger partial charge in [-0.3, -0.25) is 10.1 Å². The number of hydrogen-bond donors (Lipinski definition) is 2. The van der Waals surface area contributed by atoms with E-state index >= 15 is 0 Å². The number of methoxy groups -OCH3 is 1. The van der Waals surface area contributed by atoms with Gasteiger partial charge in [-0.15, -0.1) is 0 Å². The molecule has 0 amide bonds. The zero-order valence-corrected chi connectivity index (χ0v) is 11.8. The summed E-state index contributed by atoms with van der Waals surface area (Å²) in [5, 5.41) is 22.9. The largest absolute Gasteiger partial charge is 0.497 e. The van der Waals surface area contributed by atoms with Crippen LogP contribution in [0, 0.1) is 10.1 Å². The number of nitrogens with one attached hydrogen (secondary N) is 1. The molecule has 0 radical (unpaired) electrons. The molecular weight excluding hydrogens is 288 g/mol. The lowest BCUT2D eigenvalue weighted by molar-refractivity contribution is -0.384. The third-order valence-corrected chi connectivity index (χ3v) is 3.06. The number of carboxylic acid groups (broad SMARTS) is 1. The highest BCUT2D eigenvalue weighted by Gasteiger charge is 2.15. The molecule has 0 aliphatic carbocycles. The number of nitrogens with zero attached hydrogens (tertiary/aromatic N) is 1.